The molecule has 0 radical (unpaired) electrons. The lowest BCUT2D eigenvalue weighted by Crippen LogP contribution is -2.45. The van der Waals surface area contributed by atoms with Gasteiger partial charge in [-0.05, 0) is 11.6 Å². The van der Waals surface area contributed by atoms with Crippen LogP contribution in [0.25, 0.3) is 0 Å². The minimum absolute atomic E-state index is 0.399. The van der Waals surface area contributed by atoms with Gasteiger partial charge in [0.25, 0.3) is 0 Å². The number of ether oxygens (including phenoxy) is 1. The highest BCUT2D eigenvalue weighted by molar-refractivity contribution is 8.03. The van der Waals surface area contributed by atoms with Gasteiger partial charge in [0, 0.05) is 67.1 Å². The Morgan fingerprint density at radius 1 is 1.27 bits per heavy atom. The number of hydrogen-bond acceptors (Lipinski definition) is 6. The highest BCUT2D eigenvalue weighted by Crippen LogP contribution is 2.22. The zero-order valence-corrected chi connectivity index (χ0v) is 14.6. The van der Waals surface area contributed by atoms with E-state index in [1.807, 2.05) is 18.5 Å². The van der Waals surface area contributed by atoms with E-state index in [1.54, 1.807) is 0 Å². The fraction of sp³-hybridized carbons (Fsp3) is 0.688. The summed E-state index contributed by atoms with van der Waals surface area (Å²) in [5.74, 6) is 5.04. The van der Waals surface area contributed by atoms with Crippen LogP contribution < -0.4 is 5.32 Å². The third kappa shape index (κ3) is 4.86. The van der Waals surface area contributed by atoms with E-state index in [0.717, 1.165) is 32.8 Å². The lowest BCUT2D eigenvalue weighted by atomic mass is 10.1. The summed E-state index contributed by atoms with van der Waals surface area (Å²) in [6.07, 6.45) is 3.87. The molecule has 2 aliphatic rings. The van der Waals surface area contributed by atoms with Gasteiger partial charge >= 0.3 is 0 Å². The molecule has 4 nitrogen and oxygen atoms in total. The average molecular weight is 340 g/mol. The average Bonchev–Trinajstić information content (AvgIpc) is 2.86. The van der Waals surface area contributed by atoms with Crippen LogP contribution in [0.3, 0.4) is 0 Å². The molecule has 1 atom stereocenters. The molecular formula is C16H25N3OS2. The molecule has 3 rings (SSSR count). The topological polar surface area (TPSA) is 37.4 Å². The first-order chi connectivity index (χ1) is 10.9. The molecule has 2 fully saturated rings. The van der Waals surface area contributed by atoms with Crippen LogP contribution in [0.1, 0.15) is 11.6 Å². The van der Waals surface area contributed by atoms with Crippen molar-refractivity contribution in [3.8, 4) is 0 Å². The molecule has 0 aromatic carbocycles. The zero-order valence-electron chi connectivity index (χ0n) is 12.9. The summed E-state index contributed by atoms with van der Waals surface area (Å²) in [4.78, 5) is 6.85. The molecular weight excluding hydrogens is 314 g/mol. The van der Waals surface area contributed by atoms with Gasteiger partial charge in [0.15, 0.2) is 0 Å². The Labute approximate surface area is 141 Å². The molecule has 2 aliphatic heterocycles. The number of morpholine rings is 1. The van der Waals surface area contributed by atoms with Gasteiger partial charge in [-0.15, -0.1) is 0 Å². The smallest absolute Gasteiger partial charge is 0.0594 e. The van der Waals surface area contributed by atoms with Gasteiger partial charge in [0.05, 0.1) is 13.2 Å². The molecule has 0 bridgehead atoms. The van der Waals surface area contributed by atoms with Crippen molar-refractivity contribution in [2.75, 3.05) is 55.9 Å². The molecule has 0 spiro atoms. The van der Waals surface area contributed by atoms with Gasteiger partial charge in [0.2, 0.25) is 0 Å². The molecule has 0 amide bonds. The van der Waals surface area contributed by atoms with Crippen LogP contribution in [0.4, 0.5) is 0 Å². The lowest BCUT2D eigenvalue weighted by Gasteiger charge is -2.35. The molecule has 0 unspecified atom stereocenters. The monoisotopic (exact) mass is 339 g/mol. The minimum Gasteiger partial charge on any atom is -0.379 e. The van der Waals surface area contributed by atoms with Crippen molar-refractivity contribution in [2.45, 2.75) is 12.1 Å². The summed E-state index contributed by atoms with van der Waals surface area (Å²) < 4.78 is 5.51. The van der Waals surface area contributed by atoms with Crippen molar-refractivity contribution >= 4 is 23.5 Å². The molecule has 1 aromatic rings. The summed E-state index contributed by atoms with van der Waals surface area (Å²) in [6.45, 7) is 4.69. The van der Waals surface area contributed by atoms with E-state index in [2.05, 4.69) is 44.8 Å². The van der Waals surface area contributed by atoms with Gasteiger partial charge in [0.1, 0.15) is 0 Å². The Morgan fingerprint density at radius 2 is 2.05 bits per heavy atom. The normalized spacial score (nSPS) is 23.1. The highest BCUT2D eigenvalue weighted by atomic mass is 32.2. The number of rotatable bonds is 5. The standard InChI is InChI=1S/C16H25N3OS2/c1-2-14(10-17-3-1)16(19-4-6-20-7-5-19)11-18-15-12-21-8-9-22-13-15/h1-3,10,15-16,18H,4-9,11-13H2/t16-/m1/s1. The van der Waals surface area contributed by atoms with Gasteiger partial charge in [-0.1, -0.05) is 6.07 Å². The SMILES string of the molecule is c1cncc([C@@H](CNC2CSCCSC2)N2CCOCC2)c1. The predicted molar refractivity (Wildman–Crippen MR) is 95.8 cm³/mol. The molecule has 0 saturated carbocycles. The highest BCUT2D eigenvalue weighted by Gasteiger charge is 2.24. The third-order valence-corrected chi connectivity index (χ3v) is 6.69. The fourth-order valence-electron chi connectivity index (χ4n) is 2.93. The second-order valence-corrected chi connectivity index (χ2v) is 8.01. The first-order valence-corrected chi connectivity index (χ1v) is 10.3. The first kappa shape index (κ1) is 16.6. The lowest BCUT2D eigenvalue weighted by molar-refractivity contribution is 0.0158. The van der Waals surface area contributed by atoms with Crippen molar-refractivity contribution < 1.29 is 4.74 Å². The summed E-state index contributed by atoms with van der Waals surface area (Å²) in [5.41, 5.74) is 1.31. The van der Waals surface area contributed by atoms with Crippen LogP contribution >= 0.6 is 23.5 Å². The Balaban J connectivity index is 1.62. The Kier molecular flexibility index (Phi) is 6.88. The summed E-state index contributed by atoms with van der Waals surface area (Å²) in [5, 5.41) is 3.81. The first-order valence-electron chi connectivity index (χ1n) is 8.04. The minimum atomic E-state index is 0.399. The maximum atomic E-state index is 5.51. The maximum absolute atomic E-state index is 5.51. The van der Waals surface area contributed by atoms with Crippen LogP contribution in [-0.2, 0) is 4.74 Å². The van der Waals surface area contributed by atoms with Crippen molar-refractivity contribution in [1.82, 2.24) is 15.2 Å². The van der Waals surface area contributed by atoms with Crippen LogP contribution in [0.2, 0.25) is 0 Å². The van der Waals surface area contributed by atoms with E-state index < -0.39 is 0 Å². The molecule has 2 saturated heterocycles. The van der Waals surface area contributed by atoms with Gasteiger partial charge in [-0.2, -0.15) is 23.5 Å². The molecule has 122 valence electrons. The van der Waals surface area contributed by atoms with E-state index >= 15 is 0 Å². The Hall–Kier alpha value is -0.270. The number of nitrogens with zero attached hydrogens (tertiary/aromatic N) is 2. The predicted octanol–water partition coefficient (Wildman–Crippen LogP) is 1.89. The molecule has 3 heterocycles. The molecule has 1 aromatic heterocycles. The molecule has 6 heteroatoms. The number of nitrogens with one attached hydrogen (secondary N) is 1. The van der Waals surface area contributed by atoms with Gasteiger partial charge in [-0.3, -0.25) is 9.88 Å². The summed E-state index contributed by atoms with van der Waals surface area (Å²) in [6, 6.07) is 5.26. The summed E-state index contributed by atoms with van der Waals surface area (Å²) in [7, 11) is 0. The van der Waals surface area contributed by atoms with Crippen molar-refractivity contribution in [2.24, 2.45) is 0 Å². The van der Waals surface area contributed by atoms with E-state index in [-0.39, 0.29) is 0 Å². The van der Waals surface area contributed by atoms with Crippen molar-refractivity contribution in [1.29, 1.82) is 0 Å². The van der Waals surface area contributed by atoms with Gasteiger partial charge in [-0.25, -0.2) is 0 Å². The molecule has 1 N–H and O–H groups in total. The van der Waals surface area contributed by atoms with E-state index in [0.29, 0.717) is 12.1 Å². The van der Waals surface area contributed by atoms with E-state index in [4.69, 9.17) is 4.74 Å². The van der Waals surface area contributed by atoms with Crippen LogP contribution in [0, 0.1) is 0 Å². The zero-order chi connectivity index (χ0) is 15.0. The Morgan fingerprint density at radius 3 is 2.73 bits per heavy atom. The van der Waals surface area contributed by atoms with Crippen molar-refractivity contribution in [3.05, 3.63) is 30.1 Å². The summed E-state index contributed by atoms with van der Waals surface area (Å²) >= 11 is 4.16. The second-order valence-electron chi connectivity index (χ2n) is 5.71. The van der Waals surface area contributed by atoms with E-state index in [9.17, 15) is 0 Å². The van der Waals surface area contributed by atoms with Crippen LogP contribution in [-0.4, -0.2) is 71.8 Å². The maximum Gasteiger partial charge on any atom is 0.0594 e. The third-order valence-electron chi connectivity index (χ3n) is 4.17. The fourth-order valence-corrected chi connectivity index (χ4v) is 5.40. The largest absolute Gasteiger partial charge is 0.379 e. The quantitative estimate of drug-likeness (QED) is 0.883. The van der Waals surface area contributed by atoms with Crippen LogP contribution in [0.5, 0.6) is 0 Å². The molecule has 0 aliphatic carbocycles. The van der Waals surface area contributed by atoms with Crippen molar-refractivity contribution in [3.63, 3.8) is 0 Å². The number of aromatic nitrogens is 1. The number of pyridine rings is 1. The van der Waals surface area contributed by atoms with Crippen LogP contribution in [0.15, 0.2) is 24.5 Å². The second kappa shape index (κ2) is 9.13. The number of thioether (sulfide) groups is 2. The number of hydrogen-bond donors (Lipinski definition) is 1. The van der Waals surface area contributed by atoms with Gasteiger partial charge < -0.3 is 10.1 Å². The molecule has 22 heavy (non-hydrogen) atoms. The van der Waals surface area contributed by atoms with E-state index in [1.165, 1.54) is 28.6 Å². The Bertz CT molecular complexity index is 421.